The minimum absolute atomic E-state index is 0. The first-order valence-electron chi connectivity index (χ1n) is 7.07. The Labute approximate surface area is 137 Å². The molecule has 1 amide bonds. The summed E-state index contributed by atoms with van der Waals surface area (Å²) >= 11 is 6.09. The predicted octanol–water partition coefficient (Wildman–Crippen LogP) is 2.87. The fourth-order valence-electron chi connectivity index (χ4n) is 2.36. The van der Waals surface area contributed by atoms with Gasteiger partial charge in [0.05, 0.1) is 17.6 Å². The van der Waals surface area contributed by atoms with Crippen LogP contribution in [-0.2, 0) is 4.79 Å². The van der Waals surface area contributed by atoms with Gasteiger partial charge in [-0.3, -0.25) is 4.79 Å². The van der Waals surface area contributed by atoms with Crippen molar-refractivity contribution < 1.29 is 9.53 Å². The highest BCUT2D eigenvalue weighted by Crippen LogP contribution is 2.26. The second-order valence-corrected chi connectivity index (χ2v) is 5.52. The number of benzene rings is 1. The lowest BCUT2D eigenvalue weighted by Crippen LogP contribution is -2.50. The maximum absolute atomic E-state index is 12.1. The van der Waals surface area contributed by atoms with Crippen molar-refractivity contribution in [2.75, 3.05) is 13.1 Å². The van der Waals surface area contributed by atoms with Gasteiger partial charge in [0, 0.05) is 6.54 Å². The van der Waals surface area contributed by atoms with Crippen LogP contribution in [0.15, 0.2) is 24.3 Å². The molecule has 1 saturated heterocycles. The van der Waals surface area contributed by atoms with Crippen molar-refractivity contribution in [1.82, 2.24) is 4.90 Å². The topological polar surface area (TPSA) is 55.6 Å². The number of likely N-dealkylation sites (tertiary alicyclic amines) is 1. The lowest BCUT2D eigenvalue weighted by Gasteiger charge is -2.34. The molecule has 0 aromatic heterocycles. The van der Waals surface area contributed by atoms with Gasteiger partial charge in [-0.2, -0.15) is 0 Å². The number of ether oxygens (including phenoxy) is 1. The predicted molar refractivity (Wildman–Crippen MR) is 87.2 cm³/mol. The lowest BCUT2D eigenvalue weighted by molar-refractivity contribution is -0.135. The number of amides is 1. The molecule has 21 heavy (non-hydrogen) atoms. The van der Waals surface area contributed by atoms with Crippen LogP contribution < -0.4 is 10.5 Å². The number of piperidine rings is 1. The van der Waals surface area contributed by atoms with Gasteiger partial charge in [0.1, 0.15) is 11.9 Å². The Morgan fingerprint density at radius 3 is 2.90 bits per heavy atom. The second kappa shape index (κ2) is 8.47. The Balaban J connectivity index is 0.00000220. The summed E-state index contributed by atoms with van der Waals surface area (Å²) in [6, 6.07) is 7.00. The normalized spacial score (nSPS) is 19.6. The minimum atomic E-state index is -0.408. The van der Waals surface area contributed by atoms with Gasteiger partial charge in [-0.15, -0.1) is 12.4 Å². The number of hydrogen-bond donors (Lipinski definition) is 1. The van der Waals surface area contributed by atoms with E-state index in [1.807, 2.05) is 25.1 Å². The standard InChI is InChI=1S/C15H21ClN2O2.ClH/c1-2-13(17)15(19)18-9-5-6-11(10-18)20-14-8-4-3-7-12(14)16;/h3-4,7-8,11,13H,2,5-6,9-10,17H2,1H3;1H. The van der Waals surface area contributed by atoms with Gasteiger partial charge in [0.25, 0.3) is 0 Å². The smallest absolute Gasteiger partial charge is 0.239 e. The van der Waals surface area contributed by atoms with Crippen LogP contribution in [0.3, 0.4) is 0 Å². The van der Waals surface area contributed by atoms with Crippen LogP contribution in [-0.4, -0.2) is 36.0 Å². The molecule has 0 saturated carbocycles. The van der Waals surface area contributed by atoms with Gasteiger partial charge >= 0.3 is 0 Å². The molecule has 1 aliphatic rings. The average molecular weight is 333 g/mol. The molecule has 0 spiro atoms. The summed E-state index contributed by atoms with van der Waals surface area (Å²) in [5.41, 5.74) is 5.82. The number of halogens is 2. The summed E-state index contributed by atoms with van der Waals surface area (Å²) < 4.78 is 5.91. The van der Waals surface area contributed by atoms with Crippen LogP contribution in [0.4, 0.5) is 0 Å². The highest BCUT2D eigenvalue weighted by atomic mass is 35.5. The molecule has 2 unspecified atom stereocenters. The number of hydrogen-bond acceptors (Lipinski definition) is 3. The molecule has 2 atom stereocenters. The van der Waals surface area contributed by atoms with Gasteiger partial charge < -0.3 is 15.4 Å². The van der Waals surface area contributed by atoms with Crippen LogP contribution in [0, 0.1) is 0 Å². The molecule has 1 aliphatic heterocycles. The Morgan fingerprint density at radius 2 is 2.24 bits per heavy atom. The van der Waals surface area contributed by atoms with Crippen molar-refractivity contribution in [3.05, 3.63) is 29.3 Å². The number of carbonyl (C=O) groups is 1. The Hall–Kier alpha value is -0.970. The molecular formula is C15H22Cl2N2O2. The zero-order valence-electron chi connectivity index (χ0n) is 12.1. The molecule has 118 valence electrons. The molecular weight excluding hydrogens is 311 g/mol. The monoisotopic (exact) mass is 332 g/mol. The first-order valence-corrected chi connectivity index (χ1v) is 7.45. The number of nitrogens with two attached hydrogens (primary N) is 1. The van der Waals surface area contributed by atoms with Gasteiger partial charge in [0.15, 0.2) is 0 Å². The summed E-state index contributed by atoms with van der Waals surface area (Å²) in [7, 11) is 0. The van der Waals surface area contributed by atoms with E-state index >= 15 is 0 Å². The van der Waals surface area contributed by atoms with Gasteiger partial charge in [-0.05, 0) is 31.4 Å². The first-order chi connectivity index (χ1) is 9.61. The molecule has 0 aliphatic carbocycles. The van der Waals surface area contributed by atoms with Gasteiger partial charge in [0.2, 0.25) is 5.91 Å². The molecule has 0 radical (unpaired) electrons. The Kier molecular flexibility index (Phi) is 7.29. The van der Waals surface area contributed by atoms with E-state index in [0.29, 0.717) is 23.7 Å². The van der Waals surface area contributed by atoms with E-state index in [9.17, 15) is 4.79 Å². The van der Waals surface area contributed by atoms with Crippen molar-refractivity contribution in [2.45, 2.75) is 38.3 Å². The fourth-order valence-corrected chi connectivity index (χ4v) is 2.54. The lowest BCUT2D eigenvalue weighted by atomic mass is 10.1. The van der Waals surface area contributed by atoms with Crippen LogP contribution in [0.1, 0.15) is 26.2 Å². The molecule has 6 heteroatoms. The molecule has 1 aromatic rings. The van der Waals surface area contributed by atoms with E-state index in [1.54, 1.807) is 11.0 Å². The maximum Gasteiger partial charge on any atom is 0.239 e. The summed E-state index contributed by atoms with van der Waals surface area (Å²) in [5, 5.41) is 0.598. The molecule has 1 aromatic carbocycles. The molecule has 1 fully saturated rings. The van der Waals surface area contributed by atoms with E-state index in [2.05, 4.69) is 0 Å². The minimum Gasteiger partial charge on any atom is -0.487 e. The molecule has 2 rings (SSSR count). The third-order valence-electron chi connectivity index (χ3n) is 3.58. The third-order valence-corrected chi connectivity index (χ3v) is 3.89. The average Bonchev–Trinajstić information content (AvgIpc) is 2.48. The summed E-state index contributed by atoms with van der Waals surface area (Å²) in [5.74, 6) is 0.688. The highest BCUT2D eigenvalue weighted by molar-refractivity contribution is 6.32. The number of rotatable bonds is 4. The van der Waals surface area contributed by atoms with Crippen molar-refractivity contribution in [3.8, 4) is 5.75 Å². The van der Waals surface area contributed by atoms with E-state index < -0.39 is 6.04 Å². The summed E-state index contributed by atoms with van der Waals surface area (Å²) in [6.07, 6.45) is 2.50. The Bertz CT molecular complexity index is 471. The Morgan fingerprint density at radius 1 is 1.52 bits per heavy atom. The number of carbonyl (C=O) groups excluding carboxylic acids is 1. The second-order valence-electron chi connectivity index (χ2n) is 5.11. The summed E-state index contributed by atoms with van der Waals surface area (Å²) in [6.45, 7) is 3.26. The number of nitrogens with zero attached hydrogens (tertiary/aromatic N) is 1. The van der Waals surface area contributed by atoms with E-state index in [0.717, 1.165) is 19.4 Å². The van der Waals surface area contributed by atoms with Gasteiger partial charge in [-0.25, -0.2) is 0 Å². The fraction of sp³-hybridized carbons (Fsp3) is 0.533. The van der Waals surface area contributed by atoms with Gasteiger partial charge in [-0.1, -0.05) is 30.7 Å². The zero-order valence-corrected chi connectivity index (χ0v) is 13.7. The molecule has 4 nitrogen and oxygen atoms in total. The first kappa shape index (κ1) is 18.1. The van der Waals surface area contributed by atoms with E-state index in [4.69, 9.17) is 22.1 Å². The number of para-hydroxylation sites is 1. The van der Waals surface area contributed by atoms with E-state index in [1.165, 1.54) is 0 Å². The zero-order chi connectivity index (χ0) is 14.5. The molecule has 0 bridgehead atoms. The van der Waals surface area contributed by atoms with Crippen LogP contribution in [0.5, 0.6) is 5.75 Å². The quantitative estimate of drug-likeness (QED) is 0.922. The maximum atomic E-state index is 12.1. The van der Waals surface area contributed by atoms with Crippen molar-refractivity contribution >= 4 is 29.9 Å². The van der Waals surface area contributed by atoms with Crippen LogP contribution >= 0.6 is 24.0 Å². The molecule has 2 N–H and O–H groups in total. The van der Waals surface area contributed by atoms with Crippen LogP contribution in [0.25, 0.3) is 0 Å². The molecule has 1 heterocycles. The SMILES string of the molecule is CCC(N)C(=O)N1CCCC(Oc2ccccc2Cl)C1.Cl. The van der Waals surface area contributed by atoms with Crippen molar-refractivity contribution in [3.63, 3.8) is 0 Å². The summed E-state index contributed by atoms with van der Waals surface area (Å²) in [4.78, 5) is 13.9. The van der Waals surface area contributed by atoms with Crippen molar-refractivity contribution in [2.24, 2.45) is 5.73 Å². The van der Waals surface area contributed by atoms with E-state index in [-0.39, 0.29) is 24.4 Å². The van der Waals surface area contributed by atoms with Crippen LogP contribution in [0.2, 0.25) is 5.02 Å². The highest BCUT2D eigenvalue weighted by Gasteiger charge is 2.27. The van der Waals surface area contributed by atoms with Crippen molar-refractivity contribution in [1.29, 1.82) is 0 Å². The largest absolute Gasteiger partial charge is 0.487 e. The third kappa shape index (κ3) is 4.77.